The van der Waals surface area contributed by atoms with Crippen molar-refractivity contribution in [1.29, 1.82) is 0 Å². The lowest BCUT2D eigenvalue weighted by atomic mass is 10.2. The molecule has 0 fully saturated rings. The highest BCUT2D eigenvalue weighted by Crippen LogP contribution is 2.27. The Hall–Kier alpha value is -4.44. The number of carbonyl (C=O) groups excluding carboxylic acids is 2. The van der Waals surface area contributed by atoms with Crippen molar-refractivity contribution in [2.75, 3.05) is 11.1 Å². The Kier molecular flexibility index (Phi) is 5.79. The molecule has 2 amide bonds. The number of halogens is 1. The predicted octanol–water partition coefficient (Wildman–Crippen LogP) is 3.84. The highest BCUT2D eigenvalue weighted by atomic mass is 32.2. The van der Waals surface area contributed by atoms with Gasteiger partial charge in [-0.2, -0.15) is 0 Å². The Morgan fingerprint density at radius 3 is 2.49 bits per heavy atom. The van der Waals surface area contributed by atoms with Crippen LogP contribution in [0.15, 0.2) is 82.7 Å². The Morgan fingerprint density at radius 1 is 1.03 bits per heavy atom. The zero-order valence-corrected chi connectivity index (χ0v) is 18.9. The molecule has 0 spiro atoms. The molecule has 174 valence electrons. The Balaban J connectivity index is 1.51. The molecule has 0 aliphatic rings. The summed E-state index contributed by atoms with van der Waals surface area (Å²) in [6, 6.07) is 19.4. The largest absolute Gasteiger partial charge is 0.366 e. The van der Waals surface area contributed by atoms with Crippen LogP contribution in [-0.2, 0) is 4.79 Å². The number of aromatic nitrogens is 3. The van der Waals surface area contributed by atoms with Gasteiger partial charge in [0.1, 0.15) is 16.9 Å². The Bertz CT molecular complexity index is 1660. The van der Waals surface area contributed by atoms with Crippen LogP contribution in [0.5, 0.6) is 0 Å². The molecule has 0 saturated heterocycles. The topological polar surface area (TPSA) is 123 Å². The number of hydrogen-bond acceptors (Lipinski definition) is 5. The number of thioether (sulfide) groups is 1. The van der Waals surface area contributed by atoms with Crippen molar-refractivity contribution in [2.45, 2.75) is 5.16 Å². The molecule has 35 heavy (non-hydrogen) atoms. The van der Waals surface area contributed by atoms with E-state index in [0.717, 1.165) is 22.7 Å². The number of carbonyl (C=O) groups is 2. The first-order chi connectivity index (χ1) is 16.9. The average Bonchev–Trinajstić information content (AvgIpc) is 3.23. The first-order valence-corrected chi connectivity index (χ1v) is 11.5. The summed E-state index contributed by atoms with van der Waals surface area (Å²) >= 11 is 1.01. The summed E-state index contributed by atoms with van der Waals surface area (Å²) in [6.45, 7) is 0. The van der Waals surface area contributed by atoms with E-state index < -0.39 is 17.3 Å². The van der Waals surface area contributed by atoms with Gasteiger partial charge in [-0.15, -0.1) is 0 Å². The van der Waals surface area contributed by atoms with Gasteiger partial charge in [0.2, 0.25) is 11.8 Å². The average molecular weight is 488 g/mol. The lowest BCUT2D eigenvalue weighted by Crippen LogP contribution is -2.23. The summed E-state index contributed by atoms with van der Waals surface area (Å²) in [4.78, 5) is 45.0. The molecule has 0 atom stereocenters. The zero-order valence-electron chi connectivity index (χ0n) is 18.1. The summed E-state index contributed by atoms with van der Waals surface area (Å²) in [5, 5.41) is 3.65. The van der Waals surface area contributed by atoms with E-state index in [0.29, 0.717) is 16.8 Å². The van der Waals surface area contributed by atoms with Crippen molar-refractivity contribution in [3.05, 3.63) is 94.5 Å². The highest BCUT2D eigenvalue weighted by molar-refractivity contribution is 7.99. The lowest BCUT2D eigenvalue weighted by Gasteiger charge is -2.13. The number of aromatic amines is 1. The van der Waals surface area contributed by atoms with Gasteiger partial charge in [0.25, 0.3) is 5.56 Å². The molecule has 5 rings (SSSR count). The normalized spacial score (nSPS) is 11.1. The molecule has 2 heterocycles. The van der Waals surface area contributed by atoms with Crippen molar-refractivity contribution in [3.63, 3.8) is 0 Å². The molecule has 2 aromatic heterocycles. The fourth-order valence-electron chi connectivity index (χ4n) is 3.73. The summed E-state index contributed by atoms with van der Waals surface area (Å²) in [6.07, 6.45) is 0. The van der Waals surface area contributed by atoms with Crippen LogP contribution in [0.3, 0.4) is 0 Å². The molecule has 0 saturated carbocycles. The number of fused-ring (bicyclic) bond motifs is 3. The van der Waals surface area contributed by atoms with E-state index in [1.165, 1.54) is 34.9 Å². The maximum absolute atomic E-state index is 14.7. The minimum absolute atomic E-state index is 0.0375. The molecular formula is C25H18FN5O3S. The molecule has 0 bridgehead atoms. The van der Waals surface area contributed by atoms with E-state index >= 15 is 0 Å². The number of nitrogens with zero attached hydrogens (tertiary/aromatic N) is 2. The predicted molar refractivity (Wildman–Crippen MR) is 133 cm³/mol. The Labute approximate surface area is 202 Å². The van der Waals surface area contributed by atoms with Crippen LogP contribution in [0.1, 0.15) is 10.4 Å². The van der Waals surface area contributed by atoms with Crippen LogP contribution in [0.25, 0.3) is 27.6 Å². The molecule has 8 nitrogen and oxygen atoms in total. The Morgan fingerprint density at radius 2 is 1.74 bits per heavy atom. The molecule has 0 aliphatic heterocycles. The highest BCUT2D eigenvalue weighted by Gasteiger charge is 2.19. The quantitative estimate of drug-likeness (QED) is 0.248. The van der Waals surface area contributed by atoms with E-state index in [-0.39, 0.29) is 28.0 Å². The summed E-state index contributed by atoms with van der Waals surface area (Å²) in [5.41, 5.74) is 7.03. The van der Waals surface area contributed by atoms with Crippen LogP contribution < -0.4 is 16.6 Å². The van der Waals surface area contributed by atoms with Crippen LogP contribution in [0, 0.1) is 5.82 Å². The van der Waals surface area contributed by atoms with Gasteiger partial charge in [-0.05, 0) is 42.5 Å². The van der Waals surface area contributed by atoms with E-state index in [4.69, 9.17) is 5.73 Å². The van der Waals surface area contributed by atoms with Gasteiger partial charge >= 0.3 is 0 Å². The number of hydrogen-bond donors (Lipinski definition) is 3. The number of benzene rings is 3. The third-order valence-electron chi connectivity index (χ3n) is 5.37. The third kappa shape index (κ3) is 4.26. The maximum atomic E-state index is 14.7. The number of amides is 2. The maximum Gasteiger partial charge on any atom is 0.283 e. The summed E-state index contributed by atoms with van der Waals surface area (Å²) in [5.74, 6) is -1.61. The number of H-pyrrole nitrogens is 1. The van der Waals surface area contributed by atoms with Gasteiger partial charge in [-0.25, -0.2) is 9.37 Å². The van der Waals surface area contributed by atoms with Gasteiger partial charge in [0.15, 0.2) is 5.16 Å². The SMILES string of the molecule is NC(=O)c1ccc(NC(=O)CSc2nc3c([nH]c4ccccc43)c(=O)n2-c2ccccc2F)cc1. The van der Waals surface area contributed by atoms with E-state index in [9.17, 15) is 18.8 Å². The van der Waals surface area contributed by atoms with Gasteiger partial charge in [0, 0.05) is 22.2 Å². The third-order valence-corrected chi connectivity index (χ3v) is 6.31. The zero-order chi connectivity index (χ0) is 24.5. The van der Waals surface area contributed by atoms with Crippen LogP contribution in [-0.4, -0.2) is 32.1 Å². The van der Waals surface area contributed by atoms with E-state index in [1.807, 2.05) is 24.3 Å². The molecular weight excluding hydrogens is 469 g/mol. The molecule has 3 aromatic carbocycles. The first kappa shape index (κ1) is 22.4. The van der Waals surface area contributed by atoms with Crippen LogP contribution in [0.2, 0.25) is 0 Å². The second kappa shape index (κ2) is 9.07. The number of anilines is 1. The number of nitrogens with two attached hydrogens (primary N) is 1. The lowest BCUT2D eigenvalue weighted by molar-refractivity contribution is -0.113. The number of rotatable bonds is 6. The fraction of sp³-hybridized carbons (Fsp3) is 0.0400. The van der Waals surface area contributed by atoms with Crippen molar-refractivity contribution in [2.24, 2.45) is 5.73 Å². The molecule has 10 heteroatoms. The first-order valence-electron chi connectivity index (χ1n) is 10.5. The number of para-hydroxylation sites is 2. The van der Waals surface area contributed by atoms with E-state index in [2.05, 4.69) is 15.3 Å². The minimum Gasteiger partial charge on any atom is -0.366 e. The number of nitrogens with one attached hydrogen (secondary N) is 2. The summed E-state index contributed by atoms with van der Waals surface area (Å²) in [7, 11) is 0. The number of primary amides is 1. The molecule has 0 radical (unpaired) electrons. The smallest absolute Gasteiger partial charge is 0.283 e. The van der Waals surface area contributed by atoms with Gasteiger partial charge in [-0.1, -0.05) is 42.1 Å². The molecule has 5 aromatic rings. The van der Waals surface area contributed by atoms with Crippen molar-refractivity contribution < 1.29 is 14.0 Å². The minimum atomic E-state index is -0.590. The van der Waals surface area contributed by atoms with Crippen molar-refractivity contribution in [3.8, 4) is 5.69 Å². The van der Waals surface area contributed by atoms with Crippen molar-refractivity contribution >= 4 is 51.2 Å². The molecule has 0 unspecified atom stereocenters. The van der Waals surface area contributed by atoms with Gasteiger partial charge < -0.3 is 16.0 Å². The molecule has 4 N–H and O–H groups in total. The second-order valence-corrected chi connectivity index (χ2v) is 8.60. The van der Waals surface area contributed by atoms with E-state index in [1.54, 1.807) is 18.2 Å². The standard InChI is InChI=1S/C25H18FN5O3S/c26-17-6-2-4-8-19(17)31-24(34)22-21(16-5-1-3-7-18(16)29-22)30-25(31)35-13-20(32)28-15-11-9-14(10-12-15)23(27)33/h1-12,29H,13H2,(H2,27,33)(H,28,32). The van der Waals surface area contributed by atoms with Crippen molar-refractivity contribution in [1.82, 2.24) is 14.5 Å². The summed E-state index contributed by atoms with van der Waals surface area (Å²) < 4.78 is 15.9. The van der Waals surface area contributed by atoms with Crippen LogP contribution in [0.4, 0.5) is 10.1 Å². The van der Waals surface area contributed by atoms with Gasteiger partial charge in [0.05, 0.1) is 11.4 Å². The second-order valence-electron chi connectivity index (χ2n) is 7.66. The molecule has 0 aliphatic carbocycles. The monoisotopic (exact) mass is 487 g/mol. The fourth-order valence-corrected chi connectivity index (χ4v) is 4.53. The van der Waals surface area contributed by atoms with Gasteiger partial charge in [-0.3, -0.25) is 19.0 Å². The van der Waals surface area contributed by atoms with Crippen LogP contribution >= 0.6 is 11.8 Å².